The number of alkyl halides is 1. The first-order valence-corrected chi connectivity index (χ1v) is 7.50. The lowest BCUT2D eigenvalue weighted by molar-refractivity contribution is -0.146. The number of pyridine rings is 1. The van der Waals surface area contributed by atoms with Crippen molar-refractivity contribution in [2.24, 2.45) is 5.92 Å². The minimum atomic E-state index is -0.451. The molecular formula is C15H20ClN3O2. The Morgan fingerprint density at radius 3 is 2.76 bits per heavy atom. The largest absolute Gasteiger partial charge is 0.467 e. The number of rotatable bonds is 5. The van der Waals surface area contributed by atoms with Gasteiger partial charge in [-0.15, -0.1) is 11.6 Å². The van der Waals surface area contributed by atoms with Gasteiger partial charge in [-0.1, -0.05) is 13.8 Å². The number of esters is 1. The monoisotopic (exact) mass is 309 g/mol. The van der Waals surface area contributed by atoms with Crippen LogP contribution in [-0.2, 0) is 16.0 Å². The summed E-state index contributed by atoms with van der Waals surface area (Å²) in [5, 5.41) is 0. The molecule has 0 aliphatic carbocycles. The summed E-state index contributed by atoms with van der Waals surface area (Å²) in [4.78, 5) is 21.3. The van der Waals surface area contributed by atoms with Crippen molar-refractivity contribution in [1.82, 2.24) is 14.5 Å². The molecule has 6 heteroatoms. The average Bonchev–Trinajstić information content (AvgIpc) is 2.79. The Hall–Kier alpha value is -1.62. The molecule has 1 unspecified atom stereocenters. The molecule has 1 atom stereocenters. The second-order valence-corrected chi connectivity index (χ2v) is 5.73. The third-order valence-electron chi connectivity index (χ3n) is 3.52. The number of hydrogen-bond acceptors (Lipinski definition) is 4. The van der Waals surface area contributed by atoms with Gasteiger partial charge < -0.3 is 4.74 Å². The zero-order valence-corrected chi connectivity index (χ0v) is 13.5. The predicted octanol–water partition coefficient (Wildman–Crippen LogP) is 2.89. The second kappa shape index (κ2) is 6.43. The number of methoxy groups -OCH3 is 1. The van der Waals surface area contributed by atoms with Crippen LogP contribution in [0.2, 0.25) is 0 Å². The predicted molar refractivity (Wildman–Crippen MR) is 82.6 cm³/mol. The van der Waals surface area contributed by atoms with Crippen LogP contribution in [0.15, 0.2) is 12.3 Å². The maximum absolute atomic E-state index is 12.2. The highest BCUT2D eigenvalue weighted by atomic mass is 35.5. The molecule has 0 bridgehead atoms. The zero-order valence-electron chi connectivity index (χ0n) is 12.8. The molecule has 0 fully saturated rings. The fourth-order valence-corrected chi connectivity index (χ4v) is 2.67. The molecule has 0 N–H and O–H groups in total. The van der Waals surface area contributed by atoms with Crippen molar-refractivity contribution < 1.29 is 9.53 Å². The normalized spacial score (nSPS) is 12.9. The van der Waals surface area contributed by atoms with Gasteiger partial charge in [0.1, 0.15) is 17.4 Å². The number of aryl methyl sites for hydroxylation is 2. The molecular weight excluding hydrogens is 290 g/mol. The van der Waals surface area contributed by atoms with Gasteiger partial charge in [0.25, 0.3) is 0 Å². The second-order valence-electron chi connectivity index (χ2n) is 5.35. The molecule has 0 saturated carbocycles. The zero-order chi connectivity index (χ0) is 15.6. The van der Waals surface area contributed by atoms with Gasteiger partial charge in [0, 0.05) is 18.5 Å². The molecule has 2 heterocycles. The van der Waals surface area contributed by atoms with Crippen LogP contribution in [0.1, 0.15) is 31.3 Å². The number of aromatic nitrogens is 3. The van der Waals surface area contributed by atoms with Crippen molar-refractivity contribution in [3.8, 4) is 0 Å². The van der Waals surface area contributed by atoms with Crippen molar-refractivity contribution in [3.05, 3.63) is 23.7 Å². The van der Waals surface area contributed by atoms with Gasteiger partial charge in [0.2, 0.25) is 0 Å². The molecule has 114 valence electrons. The lowest BCUT2D eigenvalue weighted by Gasteiger charge is -2.22. The van der Waals surface area contributed by atoms with E-state index < -0.39 is 6.04 Å². The maximum Gasteiger partial charge on any atom is 0.329 e. The molecule has 2 aromatic rings. The van der Waals surface area contributed by atoms with E-state index in [1.165, 1.54) is 7.11 Å². The topological polar surface area (TPSA) is 57.0 Å². The van der Waals surface area contributed by atoms with Crippen LogP contribution in [0.4, 0.5) is 0 Å². The summed E-state index contributed by atoms with van der Waals surface area (Å²) in [6, 6.07) is 1.46. The number of halogens is 1. The number of ether oxygens (including phenoxy) is 1. The standard InChI is InChI=1S/C15H20ClN3O2/c1-9(2)13(15(20)21-4)19-11(5-7-16)18-12-10(3)6-8-17-14(12)19/h6,8-9,13H,5,7H2,1-4H3. The molecule has 0 aromatic carbocycles. The Labute approximate surface area is 129 Å². The first-order valence-electron chi connectivity index (χ1n) is 6.97. The van der Waals surface area contributed by atoms with E-state index in [4.69, 9.17) is 16.3 Å². The highest BCUT2D eigenvalue weighted by Gasteiger charge is 2.29. The quantitative estimate of drug-likeness (QED) is 0.629. The number of carbonyl (C=O) groups excluding carboxylic acids is 1. The Kier molecular flexibility index (Phi) is 4.83. The summed E-state index contributed by atoms with van der Waals surface area (Å²) in [6.07, 6.45) is 2.31. The molecule has 0 spiro atoms. The van der Waals surface area contributed by atoms with Crippen molar-refractivity contribution in [2.75, 3.05) is 13.0 Å². The Balaban J connectivity index is 2.71. The number of imidazole rings is 1. The van der Waals surface area contributed by atoms with E-state index in [-0.39, 0.29) is 11.9 Å². The fraction of sp³-hybridized carbons (Fsp3) is 0.533. The van der Waals surface area contributed by atoms with Gasteiger partial charge in [-0.3, -0.25) is 4.57 Å². The Morgan fingerprint density at radius 1 is 1.48 bits per heavy atom. The summed E-state index contributed by atoms with van der Waals surface area (Å²) in [5.74, 6) is 0.981. The van der Waals surface area contributed by atoms with Crippen LogP contribution in [-0.4, -0.2) is 33.5 Å². The molecule has 2 rings (SSSR count). The van der Waals surface area contributed by atoms with Crippen LogP contribution < -0.4 is 0 Å². The molecule has 0 aliphatic heterocycles. The highest BCUT2D eigenvalue weighted by Crippen LogP contribution is 2.28. The first-order chi connectivity index (χ1) is 10.0. The third-order valence-corrected chi connectivity index (χ3v) is 3.71. The van der Waals surface area contributed by atoms with Crippen LogP contribution in [0.3, 0.4) is 0 Å². The third kappa shape index (κ3) is 2.88. The van der Waals surface area contributed by atoms with E-state index in [9.17, 15) is 4.79 Å². The van der Waals surface area contributed by atoms with Crippen molar-refractivity contribution in [1.29, 1.82) is 0 Å². The molecule has 0 radical (unpaired) electrons. The number of hydrogen-bond donors (Lipinski definition) is 0. The minimum absolute atomic E-state index is 0.0613. The van der Waals surface area contributed by atoms with E-state index in [1.807, 2.05) is 31.4 Å². The SMILES string of the molecule is COC(=O)C(C(C)C)n1c(CCCl)nc2c(C)ccnc21. The van der Waals surface area contributed by atoms with E-state index in [0.717, 1.165) is 16.9 Å². The molecule has 0 aliphatic rings. The van der Waals surface area contributed by atoms with Crippen LogP contribution in [0.5, 0.6) is 0 Å². The van der Waals surface area contributed by atoms with Crippen molar-refractivity contribution in [2.45, 2.75) is 33.2 Å². The van der Waals surface area contributed by atoms with Gasteiger partial charge in [-0.05, 0) is 24.5 Å². The molecule has 21 heavy (non-hydrogen) atoms. The summed E-state index contributed by atoms with van der Waals surface area (Å²) in [6.45, 7) is 5.94. The lowest BCUT2D eigenvalue weighted by atomic mass is 10.0. The van der Waals surface area contributed by atoms with E-state index >= 15 is 0 Å². The van der Waals surface area contributed by atoms with E-state index in [1.54, 1.807) is 6.20 Å². The van der Waals surface area contributed by atoms with Crippen molar-refractivity contribution in [3.63, 3.8) is 0 Å². The number of nitrogens with zero attached hydrogens (tertiary/aromatic N) is 3. The molecule has 5 nitrogen and oxygen atoms in total. The molecule has 2 aromatic heterocycles. The smallest absolute Gasteiger partial charge is 0.329 e. The van der Waals surface area contributed by atoms with Gasteiger partial charge in [-0.25, -0.2) is 14.8 Å². The van der Waals surface area contributed by atoms with E-state index in [2.05, 4.69) is 9.97 Å². The van der Waals surface area contributed by atoms with Gasteiger partial charge in [-0.2, -0.15) is 0 Å². The molecule has 0 saturated heterocycles. The van der Waals surface area contributed by atoms with Gasteiger partial charge >= 0.3 is 5.97 Å². The van der Waals surface area contributed by atoms with Crippen LogP contribution >= 0.6 is 11.6 Å². The summed E-state index contributed by atoms with van der Waals surface area (Å²) >= 11 is 5.88. The summed E-state index contributed by atoms with van der Waals surface area (Å²) in [7, 11) is 1.40. The first kappa shape index (κ1) is 15.8. The highest BCUT2D eigenvalue weighted by molar-refractivity contribution is 6.17. The summed E-state index contributed by atoms with van der Waals surface area (Å²) < 4.78 is 6.84. The number of carbonyl (C=O) groups is 1. The Bertz CT molecular complexity index is 652. The van der Waals surface area contributed by atoms with Crippen LogP contribution in [0, 0.1) is 12.8 Å². The fourth-order valence-electron chi connectivity index (χ4n) is 2.51. The molecule has 0 amide bonds. The van der Waals surface area contributed by atoms with Gasteiger partial charge in [0.15, 0.2) is 5.65 Å². The average molecular weight is 310 g/mol. The summed E-state index contributed by atoms with van der Waals surface area (Å²) in [5.41, 5.74) is 2.55. The van der Waals surface area contributed by atoms with Gasteiger partial charge in [0.05, 0.1) is 7.11 Å². The number of fused-ring (bicyclic) bond motifs is 1. The van der Waals surface area contributed by atoms with Crippen LogP contribution in [0.25, 0.3) is 11.2 Å². The maximum atomic E-state index is 12.2. The Morgan fingerprint density at radius 2 is 2.19 bits per heavy atom. The van der Waals surface area contributed by atoms with E-state index in [0.29, 0.717) is 17.9 Å². The minimum Gasteiger partial charge on any atom is -0.467 e. The van der Waals surface area contributed by atoms with Crippen molar-refractivity contribution >= 4 is 28.7 Å². The lowest BCUT2D eigenvalue weighted by Crippen LogP contribution is -2.27.